The summed E-state index contributed by atoms with van der Waals surface area (Å²) in [6, 6.07) is 3.17. The number of benzene rings is 1. The Bertz CT molecular complexity index is 1500. The van der Waals surface area contributed by atoms with Crippen molar-refractivity contribution in [2.45, 2.75) is 96.3 Å². The number of alkyl halides is 4. The van der Waals surface area contributed by atoms with Crippen LogP contribution in [0.3, 0.4) is 0 Å². The van der Waals surface area contributed by atoms with Crippen LogP contribution in [0.2, 0.25) is 0 Å². The van der Waals surface area contributed by atoms with E-state index >= 15 is 17.6 Å². The Kier molecular flexibility index (Phi) is 8.31. The van der Waals surface area contributed by atoms with Crippen molar-refractivity contribution in [3.63, 3.8) is 0 Å². The van der Waals surface area contributed by atoms with E-state index in [1.165, 1.54) is 30.2 Å². The molecule has 0 N–H and O–H groups in total. The third-order valence-corrected chi connectivity index (χ3v) is 9.60. The van der Waals surface area contributed by atoms with Gasteiger partial charge in [0.05, 0.1) is 43.1 Å². The average Bonchev–Trinajstić information content (AvgIpc) is 3.48. The second-order valence-corrected chi connectivity index (χ2v) is 13.8. The maximum atomic E-state index is 15.9. The molecule has 2 bridgehead atoms. The molecule has 0 unspecified atom stereocenters. The van der Waals surface area contributed by atoms with E-state index in [4.69, 9.17) is 14.2 Å². The highest BCUT2D eigenvalue weighted by molar-refractivity contribution is 5.87. The Morgan fingerprint density at radius 3 is 2.47 bits per heavy atom. The predicted octanol–water partition coefficient (Wildman–Crippen LogP) is 5.72. The van der Waals surface area contributed by atoms with E-state index in [0.29, 0.717) is 18.5 Å². The largest absolute Gasteiger partial charge is 0.497 e. The lowest BCUT2D eigenvalue weighted by Gasteiger charge is -2.34. The van der Waals surface area contributed by atoms with Crippen molar-refractivity contribution in [2.75, 3.05) is 13.7 Å². The monoisotopic (exact) mass is 637 g/mol. The van der Waals surface area contributed by atoms with Crippen LogP contribution in [0.5, 0.6) is 11.6 Å². The number of amides is 1. The van der Waals surface area contributed by atoms with E-state index in [1.807, 2.05) is 0 Å². The van der Waals surface area contributed by atoms with Gasteiger partial charge in [-0.3, -0.25) is 9.59 Å². The number of nitrogens with zero attached hydrogens (tertiary/aromatic N) is 3. The van der Waals surface area contributed by atoms with Gasteiger partial charge in [-0.25, -0.2) is 9.97 Å². The Balaban J connectivity index is 1.61. The van der Waals surface area contributed by atoms with Gasteiger partial charge in [0.25, 0.3) is 0 Å². The maximum Gasteiger partial charge on any atom is 0.356 e. The highest BCUT2D eigenvalue weighted by Gasteiger charge is 2.61. The van der Waals surface area contributed by atoms with Crippen LogP contribution in [0.1, 0.15) is 72.4 Å². The van der Waals surface area contributed by atoms with Gasteiger partial charge in [0.15, 0.2) is 5.69 Å². The van der Waals surface area contributed by atoms with Crippen molar-refractivity contribution in [3.8, 4) is 11.6 Å². The molecule has 2 aliphatic heterocycles. The summed E-state index contributed by atoms with van der Waals surface area (Å²) in [5.74, 6) is -12.8. The minimum absolute atomic E-state index is 0.0682. The van der Waals surface area contributed by atoms with Crippen molar-refractivity contribution in [1.82, 2.24) is 14.9 Å². The van der Waals surface area contributed by atoms with Crippen LogP contribution in [0, 0.1) is 23.2 Å². The van der Waals surface area contributed by atoms with Gasteiger partial charge in [0, 0.05) is 24.3 Å². The van der Waals surface area contributed by atoms with Gasteiger partial charge >= 0.3 is 17.8 Å². The second-order valence-electron chi connectivity index (χ2n) is 13.8. The number of carbonyl (C=O) groups excluding carboxylic acids is 3. The first-order valence-corrected chi connectivity index (χ1v) is 15.2. The predicted molar refractivity (Wildman–Crippen MR) is 154 cm³/mol. The number of aromatic nitrogens is 2. The van der Waals surface area contributed by atoms with Crippen LogP contribution < -0.4 is 9.47 Å². The van der Waals surface area contributed by atoms with Gasteiger partial charge < -0.3 is 23.9 Å². The fourth-order valence-electron chi connectivity index (χ4n) is 6.44. The summed E-state index contributed by atoms with van der Waals surface area (Å²) in [4.78, 5) is 48.8. The molecule has 2 aromatic rings. The summed E-state index contributed by atoms with van der Waals surface area (Å²) in [7, 11) is 1.40. The zero-order valence-electron chi connectivity index (χ0n) is 26.2. The summed E-state index contributed by atoms with van der Waals surface area (Å²) < 4.78 is 79.5. The molecule has 2 fully saturated rings. The molecule has 13 heteroatoms. The van der Waals surface area contributed by atoms with Gasteiger partial charge in [-0.2, -0.15) is 17.6 Å². The summed E-state index contributed by atoms with van der Waals surface area (Å²) in [6.07, 6.45) is -1.65. The molecule has 5 rings (SSSR count). The molecular weight excluding hydrogens is 598 g/mol. The number of methoxy groups -OCH3 is 1. The van der Waals surface area contributed by atoms with Crippen molar-refractivity contribution < 1.29 is 46.2 Å². The number of hydrogen-bond donors (Lipinski definition) is 0. The van der Waals surface area contributed by atoms with E-state index in [2.05, 4.69) is 9.97 Å². The number of esters is 1. The smallest absolute Gasteiger partial charge is 0.356 e. The number of carbonyl (C=O) groups is 3. The van der Waals surface area contributed by atoms with Gasteiger partial charge in [-0.05, 0) is 43.7 Å². The van der Waals surface area contributed by atoms with Crippen molar-refractivity contribution in [2.24, 2.45) is 23.2 Å². The molecule has 3 aliphatic rings. The van der Waals surface area contributed by atoms with Crippen LogP contribution in [-0.2, 0) is 25.0 Å². The second kappa shape index (κ2) is 11.4. The summed E-state index contributed by atoms with van der Waals surface area (Å²) in [6.45, 7) is 8.43. The number of aldehydes is 1. The molecule has 0 radical (unpaired) electrons. The molecule has 45 heavy (non-hydrogen) atoms. The summed E-state index contributed by atoms with van der Waals surface area (Å²) in [5, 5.41) is 0. The van der Waals surface area contributed by atoms with E-state index in [0.717, 1.165) is 0 Å². The third-order valence-electron chi connectivity index (χ3n) is 9.60. The molecule has 1 aliphatic carbocycles. The highest BCUT2D eigenvalue weighted by Crippen LogP contribution is 2.53. The Hall–Kier alpha value is -3.51. The highest BCUT2D eigenvalue weighted by atomic mass is 19.3. The maximum absolute atomic E-state index is 15.9. The lowest BCUT2D eigenvalue weighted by Crippen LogP contribution is -2.46. The third kappa shape index (κ3) is 6.06. The molecule has 246 valence electrons. The lowest BCUT2D eigenvalue weighted by molar-refractivity contribution is -0.223. The first kappa shape index (κ1) is 32.9. The quantitative estimate of drug-likeness (QED) is 0.234. The summed E-state index contributed by atoms with van der Waals surface area (Å²) >= 11 is 0. The fourth-order valence-corrected chi connectivity index (χ4v) is 6.44. The zero-order chi connectivity index (χ0) is 33.1. The normalized spacial score (nSPS) is 32.0. The molecule has 1 aromatic carbocycles. The molecule has 1 saturated carbocycles. The molecule has 3 heterocycles. The molecule has 0 spiro atoms. The number of ether oxygens (including phenoxy) is 3. The van der Waals surface area contributed by atoms with Gasteiger partial charge in [0.2, 0.25) is 11.8 Å². The number of rotatable bonds is 2. The van der Waals surface area contributed by atoms with Crippen LogP contribution in [0.25, 0.3) is 11.0 Å². The zero-order valence-corrected chi connectivity index (χ0v) is 26.2. The SMILES string of the molecule is COc1ccc2nc3c(nc2c1)O[C@H]1CN(C(=O)[C@H](C(C)(C)C)CC(=O)O[C@]2(C)C[C@H]2CCCC(F)(F)C3(F)F)[C@H](C=O)[C@@H]1C. The van der Waals surface area contributed by atoms with Crippen LogP contribution in [0.15, 0.2) is 18.2 Å². The minimum atomic E-state index is -4.78. The van der Waals surface area contributed by atoms with Crippen LogP contribution in [0.4, 0.5) is 17.6 Å². The Labute approximate surface area is 259 Å². The average molecular weight is 638 g/mol. The van der Waals surface area contributed by atoms with Gasteiger partial charge in [0.1, 0.15) is 23.7 Å². The number of hydrogen-bond acceptors (Lipinski definition) is 8. The van der Waals surface area contributed by atoms with Crippen LogP contribution >= 0.6 is 0 Å². The number of fused-ring (bicyclic) bond motifs is 5. The van der Waals surface area contributed by atoms with E-state index in [-0.39, 0.29) is 42.8 Å². The van der Waals surface area contributed by atoms with E-state index in [9.17, 15) is 14.4 Å². The standard InChI is InChI=1S/C32H39F4N3O6/c1-17-23(16-40)39-15-24(17)44-27-26(37-21-10-9-19(43-6)12-22(21)38-27)32(35,36)31(33,34)11-7-8-18-14-30(18,5)45-25(41)13-20(28(39)42)29(2,3)4/h9-10,12,16-18,20,23-24H,7-8,11,13-15H2,1-6H3/t17-,18+,20+,23+,24-,30+/m0/s1. The Morgan fingerprint density at radius 1 is 1.11 bits per heavy atom. The van der Waals surface area contributed by atoms with Crippen molar-refractivity contribution >= 4 is 29.2 Å². The number of halogens is 4. The van der Waals surface area contributed by atoms with Crippen LogP contribution in [-0.4, -0.2) is 70.4 Å². The van der Waals surface area contributed by atoms with Crippen molar-refractivity contribution in [1.29, 1.82) is 0 Å². The molecule has 6 atom stereocenters. The molecule has 9 nitrogen and oxygen atoms in total. The lowest BCUT2D eigenvalue weighted by atomic mass is 9.77. The van der Waals surface area contributed by atoms with E-state index in [1.54, 1.807) is 34.6 Å². The molecule has 1 amide bonds. The molecular formula is C32H39F4N3O6. The minimum Gasteiger partial charge on any atom is -0.497 e. The van der Waals surface area contributed by atoms with Crippen molar-refractivity contribution in [3.05, 3.63) is 23.9 Å². The molecule has 1 aromatic heterocycles. The molecule has 1 saturated heterocycles. The summed E-state index contributed by atoms with van der Waals surface area (Å²) in [5.41, 5.74) is -2.97. The van der Waals surface area contributed by atoms with E-state index < -0.39 is 76.7 Å². The first-order chi connectivity index (χ1) is 20.9. The fraction of sp³-hybridized carbons (Fsp3) is 0.656. The van der Waals surface area contributed by atoms with Gasteiger partial charge in [-0.15, -0.1) is 0 Å². The van der Waals surface area contributed by atoms with Gasteiger partial charge in [-0.1, -0.05) is 27.7 Å². The topological polar surface area (TPSA) is 108 Å². The first-order valence-electron chi connectivity index (χ1n) is 15.2. The Morgan fingerprint density at radius 2 is 1.82 bits per heavy atom.